The summed E-state index contributed by atoms with van der Waals surface area (Å²) in [5, 5.41) is 2.46. The Bertz CT molecular complexity index is 902. The average Bonchev–Trinajstić information content (AvgIpc) is 2.76. The van der Waals surface area contributed by atoms with Crippen LogP contribution in [0.15, 0.2) is 42.6 Å². The summed E-state index contributed by atoms with van der Waals surface area (Å²) < 4.78 is 58.6. The third kappa shape index (κ3) is 9.26. The molecule has 0 aliphatic carbocycles. The number of hydrogen-bond acceptors (Lipinski definition) is 7. The van der Waals surface area contributed by atoms with Crippen LogP contribution in [0.25, 0.3) is 0 Å². The molecule has 180 valence electrons. The van der Waals surface area contributed by atoms with E-state index >= 15 is 0 Å². The fourth-order valence-corrected chi connectivity index (χ4v) is 2.28. The minimum Gasteiger partial charge on any atom is -0.479 e. The Kier molecular flexibility index (Phi) is 9.31. The summed E-state index contributed by atoms with van der Waals surface area (Å²) in [5.41, 5.74) is -0.874. The Hall–Kier alpha value is -3.50. The molecular formula is C22H25F3N2O6. The van der Waals surface area contributed by atoms with Gasteiger partial charge in [-0.1, -0.05) is 13.8 Å². The molecule has 1 aromatic carbocycles. The van der Waals surface area contributed by atoms with Gasteiger partial charge in [0.05, 0.1) is 18.7 Å². The van der Waals surface area contributed by atoms with Crippen molar-refractivity contribution < 1.29 is 41.7 Å². The van der Waals surface area contributed by atoms with Crippen molar-refractivity contribution in [2.45, 2.75) is 33.1 Å². The fraction of sp³-hybridized carbons (Fsp3) is 0.409. The minimum absolute atomic E-state index is 0.00434. The number of benzene rings is 1. The third-order valence-corrected chi connectivity index (χ3v) is 3.92. The van der Waals surface area contributed by atoms with Gasteiger partial charge in [-0.25, -0.2) is 14.6 Å². The van der Waals surface area contributed by atoms with Crippen LogP contribution >= 0.6 is 0 Å². The lowest BCUT2D eigenvalue weighted by molar-refractivity contribution is -0.150. The van der Waals surface area contributed by atoms with Gasteiger partial charge in [0.25, 0.3) is 0 Å². The molecule has 0 bridgehead atoms. The lowest BCUT2D eigenvalue weighted by Crippen LogP contribution is -2.32. The lowest BCUT2D eigenvalue weighted by atomic mass is 10.2. The average molecular weight is 470 g/mol. The second-order valence-corrected chi connectivity index (χ2v) is 7.30. The highest BCUT2D eigenvalue weighted by molar-refractivity contribution is 5.74. The topological polar surface area (TPSA) is 96.0 Å². The summed E-state index contributed by atoms with van der Waals surface area (Å²) in [6.45, 7) is 5.67. The number of carbonyl (C=O) groups is 2. The molecule has 33 heavy (non-hydrogen) atoms. The van der Waals surface area contributed by atoms with Crippen molar-refractivity contribution in [2.75, 3.05) is 19.8 Å². The molecule has 1 unspecified atom stereocenters. The number of rotatable bonds is 10. The highest BCUT2D eigenvalue weighted by Crippen LogP contribution is 2.30. The van der Waals surface area contributed by atoms with Gasteiger partial charge in [0.15, 0.2) is 6.10 Å². The lowest BCUT2D eigenvalue weighted by Gasteiger charge is -2.15. The molecule has 11 heteroatoms. The second-order valence-electron chi connectivity index (χ2n) is 7.30. The predicted molar refractivity (Wildman–Crippen MR) is 111 cm³/mol. The van der Waals surface area contributed by atoms with E-state index in [9.17, 15) is 22.8 Å². The molecule has 0 saturated carbocycles. The molecule has 2 aromatic rings. The standard InChI is InChI=1S/C22H25F3N2O6/c1-14(2)13-31-21(29)26-10-11-30-20(28)15(3)32-17-5-7-18(8-6-17)33-19-9-4-16(12-27-19)22(23,24)25/h4-9,12,14-15H,10-11,13H2,1-3H3,(H,26,29). The second kappa shape index (κ2) is 11.9. The summed E-state index contributed by atoms with van der Waals surface area (Å²) in [5.74, 6) is 0.258. The van der Waals surface area contributed by atoms with Crippen LogP contribution in [0.4, 0.5) is 18.0 Å². The summed E-state index contributed by atoms with van der Waals surface area (Å²) in [4.78, 5) is 27.0. The first-order chi connectivity index (χ1) is 15.5. The molecule has 0 aliphatic heterocycles. The van der Waals surface area contributed by atoms with Crippen molar-refractivity contribution in [2.24, 2.45) is 5.92 Å². The first-order valence-corrected chi connectivity index (χ1v) is 10.1. The third-order valence-electron chi connectivity index (χ3n) is 3.92. The number of halogens is 3. The molecule has 1 amide bonds. The van der Waals surface area contributed by atoms with Crippen molar-refractivity contribution in [3.05, 3.63) is 48.2 Å². The van der Waals surface area contributed by atoms with Crippen LogP contribution in [0.5, 0.6) is 17.4 Å². The first-order valence-electron chi connectivity index (χ1n) is 10.1. The molecule has 0 aliphatic rings. The van der Waals surface area contributed by atoms with Crippen molar-refractivity contribution >= 4 is 12.1 Å². The zero-order valence-corrected chi connectivity index (χ0v) is 18.3. The number of amides is 1. The Morgan fingerprint density at radius 1 is 1.00 bits per heavy atom. The number of esters is 1. The van der Waals surface area contributed by atoms with Gasteiger partial charge < -0.3 is 24.3 Å². The Labute approximate surface area is 189 Å². The van der Waals surface area contributed by atoms with Gasteiger partial charge in [-0.15, -0.1) is 0 Å². The summed E-state index contributed by atoms with van der Waals surface area (Å²) >= 11 is 0. The van der Waals surface area contributed by atoms with E-state index in [-0.39, 0.29) is 24.9 Å². The van der Waals surface area contributed by atoms with Crippen LogP contribution in [0.1, 0.15) is 26.3 Å². The number of pyridine rings is 1. The highest BCUT2D eigenvalue weighted by atomic mass is 19.4. The number of ether oxygens (including phenoxy) is 4. The maximum Gasteiger partial charge on any atom is 0.417 e. The first kappa shape index (κ1) is 25.8. The number of nitrogens with one attached hydrogen (secondary N) is 1. The van der Waals surface area contributed by atoms with E-state index in [0.29, 0.717) is 24.3 Å². The Balaban J connectivity index is 1.74. The van der Waals surface area contributed by atoms with Crippen molar-refractivity contribution in [1.82, 2.24) is 10.3 Å². The molecule has 1 heterocycles. The molecule has 1 aromatic heterocycles. The van der Waals surface area contributed by atoms with Gasteiger partial charge in [-0.2, -0.15) is 13.2 Å². The normalized spacial score (nSPS) is 12.1. The molecule has 0 fully saturated rings. The summed E-state index contributed by atoms with van der Waals surface area (Å²) in [6, 6.07) is 8.06. The van der Waals surface area contributed by atoms with Gasteiger partial charge in [0.1, 0.15) is 18.1 Å². The fourth-order valence-electron chi connectivity index (χ4n) is 2.28. The summed E-state index contributed by atoms with van der Waals surface area (Å²) in [7, 11) is 0. The number of alkyl halides is 3. The minimum atomic E-state index is -4.47. The van der Waals surface area contributed by atoms with Crippen LogP contribution in [0.3, 0.4) is 0 Å². The van der Waals surface area contributed by atoms with Crippen LogP contribution in [-0.4, -0.2) is 42.9 Å². The highest BCUT2D eigenvalue weighted by Gasteiger charge is 2.30. The monoisotopic (exact) mass is 470 g/mol. The zero-order chi connectivity index (χ0) is 24.4. The van der Waals surface area contributed by atoms with E-state index in [1.165, 1.54) is 31.2 Å². The molecule has 8 nitrogen and oxygen atoms in total. The van der Waals surface area contributed by atoms with Gasteiger partial charge in [0, 0.05) is 12.3 Å². The smallest absolute Gasteiger partial charge is 0.417 e. The molecule has 1 atom stereocenters. The van der Waals surface area contributed by atoms with Crippen molar-refractivity contribution in [1.29, 1.82) is 0 Å². The number of aromatic nitrogens is 1. The number of nitrogens with zero attached hydrogens (tertiary/aromatic N) is 1. The van der Waals surface area contributed by atoms with Crippen LogP contribution in [-0.2, 0) is 20.4 Å². The predicted octanol–water partition coefficient (Wildman–Crippen LogP) is 4.59. The SMILES string of the molecule is CC(C)COC(=O)NCCOC(=O)C(C)Oc1ccc(Oc2ccc(C(F)(F)F)cn2)cc1. The van der Waals surface area contributed by atoms with E-state index in [1.54, 1.807) is 0 Å². The maximum absolute atomic E-state index is 12.6. The van der Waals surface area contributed by atoms with E-state index in [2.05, 4.69) is 10.3 Å². The maximum atomic E-state index is 12.6. The molecule has 0 spiro atoms. The summed E-state index contributed by atoms with van der Waals surface area (Å²) in [6.07, 6.45) is -5.29. The largest absolute Gasteiger partial charge is 0.479 e. The van der Waals surface area contributed by atoms with E-state index in [1.807, 2.05) is 13.8 Å². The molecule has 1 N–H and O–H groups in total. The van der Waals surface area contributed by atoms with Gasteiger partial charge >= 0.3 is 18.2 Å². The van der Waals surface area contributed by atoms with Crippen LogP contribution in [0, 0.1) is 5.92 Å². The van der Waals surface area contributed by atoms with E-state index in [4.69, 9.17) is 18.9 Å². The van der Waals surface area contributed by atoms with Gasteiger partial charge in [-0.3, -0.25) is 0 Å². The van der Waals surface area contributed by atoms with E-state index < -0.39 is 29.9 Å². The quantitative estimate of drug-likeness (QED) is 0.401. The van der Waals surface area contributed by atoms with Crippen molar-refractivity contribution in [3.8, 4) is 17.4 Å². The van der Waals surface area contributed by atoms with Gasteiger partial charge in [0.2, 0.25) is 5.88 Å². The van der Waals surface area contributed by atoms with Gasteiger partial charge in [-0.05, 0) is 43.2 Å². The number of alkyl carbamates (subject to hydrolysis) is 1. The number of hydrogen-bond donors (Lipinski definition) is 1. The number of carbonyl (C=O) groups excluding carboxylic acids is 2. The molecule has 2 rings (SSSR count). The Morgan fingerprint density at radius 2 is 1.67 bits per heavy atom. The molecule has 0 radical (unpaired) electrons. The van der Waals surface area contributed by atoms with Crippen LogP contribution < -0.4 is 14.8 Å². The molecule has 0 saturated heterocycles. The zero-order valence-electron chi connectivity index (χ0n) is 18.3. The van der Waals surface area contributed by atoms with Crippen molar-refractivity contribution in [3.63, 3.8) is 0 Å². The Morgan fingerprint density at radius 3 is 2.24 bits per heavy atom. The van der Waals surface area contributed by atoms with Crippen LogP contribution in [0.2, 0.25) is 0 Å². The molecular weight excluding hydrogens is 445 g/mol. The van der Waals surface area contributed by atoms with E-state index in [0.717, 1.165) is 12.1 Å².